The molecule has 0 aromatic rings. The quantitative estimate of drug-likeness (QED) is 0.0146. The van der Waals surface area contributed by atoms with Crippen LogP contribution in [0, 0.1) is 0 Å². The first-order valence-electron chi connectivity index (χ1n) is 33.9. The molecule has 0 amide bonds. The molecule has 504 valence electrons. The average Bonchev–Trinajstić information content (AvgIpc) is 3.63. The molecule has 16 nitrogen and oxygen atoms in total. The summed E-state index contributed by atoms with van der Waals surface area (Å²) in [6, 6.07) is 0. The third-order valence-corrected chi connectivity index (χ3v) is 16.0. The van der Waals surface area contributed by atoms with Gasteiger partial charge < -0.3 is 34.2 Å². The number of hydrogen-bond acceptors (Lipinski definition) is 14. The predicted octanol–water partition coefficient (Wildman–Crippen LogP) is 18.5. The van der Waals surface area contributed by atoms with Gasteiger partial charge in [-0.3, -0.25) is 32.5 Å². The summed E-state index contributed by atoms with van der Waals surface area (Å²) in [4.78, 5) is 58.3. The van der Waals surface area contributed by atoms with Gasteiger partial charge in [-0.15, -0.1) is 0 Å². The molecule has 0 aromatic heterocycles. The van der Waals surface area contributed by atoms with Crippen molar-refractivity contribution < 1.29 is 75.8 Å². The van der Waals surface area contributed by atoms with Crippen LogP contribution in [-0.2, 0) is 55.8 Å². The molecular formula is C69H122O16P2. The lowest BCUT2D eigenvalue weighted by Crippen LogP contribution is -2.30. The maximum Gasteiger partial charge on any atom is 0.472 e. The molecule has 0 aliphatic heterocycles. The van der Waals surface area contributed by atoms with Crippen LogP contribution in [-0.4, -0.2) is 95.9 Å². The van der Waals surface area contributed by atoms with Crippen LogP contribution in [0.15, 0.2) is 85.1 Å². The molecule has 5 atom stereocenters. The van der Waals surface area contributed by atoms with Crippen LogP contribution in [0.3, 0.4) is 0 Å². The van der Waals surface area contributed by atoms with Gasteiger partial charge >= 0.3 is 33.6 Å². The maximum absolute atomic E-state index is 12.9. The van der Waals surface area contributed by atoms with E-state index in [0.29, 0.717) is 19.3 Å². The van der Waals surface area contributed by atoms with Gasteiger partial charge in [0.1, 0.15) is 25.4 Å². The molecule has 0 spiro atoms. The van der Waals surface area contributed by atoms with Gasteiger partial charge in [0.2, 0.25) is 0 Å². The molecule has 0 heterocycles. The standard InChI is InChI=1S/C69H122O16P2/c1-4-7-10-13-16-19-22-25-27-28-29-30-31-32-33-34-36-39-40-43-46-49-52-55-67(72)79-58-64(70)59-81-86(75,76)82-60-65(71)61-83-87(77,78)84-63-66(85-69(74)57-54-51-48-45-42-37-24-21-18-15-12-9-6-3)62-80-68(73)56-53-50-47-44-41-38-35-26-23-20-17-14-11-8-5-2/h7,10,16,19,21,24-25,27,29-30,32-33,36,39,64-66,70-71H,4-6,8-9,11-15,17-18,20,22-23,26,28,31,34-35,37-38,40-63H2,1-3H3,(H,75,76)(H,77,78)/b10-7-,19-16-,24-21-,27-25-,30-29-,33-32-,39-36-. The Hall–Kier alpha value is -3.27. The fourth-order valence-electron chi connectivity index (χ4n) is 8.92. The second kappa shape index (κ2) is 62.9. The van der Waals surface area contributed by atoms with E-state index in [1.54, 1.807) is 0 Å². The lowest BCUT2D eigenvalue weighted by Gasteiger charge is -2.21. The van der Waals surface area contributed by atoms with Crippen LogP contribution in [0.1, 0.15) is 278 Å². The van der Waals surface area contributed by atoms with Gasteiger partial charge in [0, 0.05) is 19.3 Å². The van der Waals surface area contributed by atoms with Crippen molar-refractivity contribution in [1.29, 1.82) is 0 Å². The molecule has 0 saturated heterocycles. The fraction of sp³-hybridized carbons (Fsp3) is 0.754. The Morgan fingerprint density at radius 3 is 0.989 bits per heavy atom. The number of esters is 3. The van der Waals surface area contributed by atoms with E-state index in [1.165, 1.54) is 96.3 Å². The Balaban J connectivity index is 4.60. The largest absolute Gasteiger partial charge is 0.472 e. The maximum atomic E-state index is 12.9. The summed E-state index contributed by atoms with van der Waals surface area (Å²) in [6.45, 7) is 2.51. The highest BCUT2D eigenvalue weighted by Crippen LogP contribution is 2.45. The number of rotatable bonds is 64. The van der Waals surface area contributed by atoms with E-state index in [0.717, 1.165) is 122 Å². The lowest BCUT2D eigenvalue weighted by molar-refractivity contribution is -0.161. The Morgan fingerprint density at radius 1 is 0.333 bits per heavy atom. The second-order valence-corrected chi connectivity index (χ2v) is 25.5. The highest BCUT2D eigenvalue weighted by molar-refractivity contribution is 7.47. The predicted molar refractivity (Wildman–Crippen MR) is 353 cm³/mol. The van der Waals surface area contributed by atoms with E-state index < -0.39 is 91.5 Å². The van der Waals surface area contributed by atoms with Crippen molar-refractivity contribution in [3.8, 4) is 0 Å². The molecule has 5 unspecified atom stereocenters. The van der Waals surface area contributed by atoms with Gasteiger partial charge in [-0.2, -0.15) is 0 Å². The van der Waals surface area contributed by atoms with Gasteiger partial charge in [0.05, 0.1) is 26.4 Å². The van der Waals surface area contributed by atoms with Crippen molar-refractivity contribution in [2.75, 3.05) is 39.6 Å². The molecule has 87 heavy (non-hydrogen) atoms. The zero-order valence-corrected chi connectivity index (χ0v) is 56.2. The van der Waals surface area contributed by atoms with Crippen molar-refractivity contribution in [2.45, 2.75) is 296 Å². The summed E-state index contributed by atoms with van der Waals surface area (Å²) < 4.78 is 60.8. The van der Waals surface area contributed by atoms with E-state index in [-0.39, 0.29) is 19.3 Å². The first kappa shape index (κ1) is 83.7. The number of allylic oxidation sites excluding steroid dienone is 14. The van der Waals surface area contributed by atoms with Gasteiger partial charge in [-0.05, 0) is 96.3 Å². The number of carbonyl (C=O) groups excluding carboxylic acids is 3. The molecule has 0 fully saturated rings. The van der Waals surface area contributed by atoms with E-state index in [1.807, 2.05) is 0 Å². The van der Waals surface area contributed by atoms with Crippen LogP contribution in [0.25, 0.3) is 0 Å². The number of carbonyl (C=O) groups is 3. The van der Waals surface area contributed by atoms with Crippen LogP contribution < -0.4 is 0 Å². The summed E-state index contributed by atoms with van der Waals surface area (Å²) in [6.07, 6.45) is 66.4. The van der Waals surface area contributed by atoms with Crippen molar-refractivity contribution in [3.05, 3.63) is 85.1 Å². The minimum Gasteiger partial charge on any atom is -0.463 e. The molecule has 0 rings (SSSR count). The molecule has 0 aliphatic carbocycles. The number of aliphatic hydroxyl groups is 2. The highest BCUT2D eigenvalue weighted by Gasteiger charge is 2.29. The van der Waals surface area contributed by atoms with Crippen LogP contribution in [0.4, 0.5) is 0 Å². The number of ether oxygens (including phenoxy) is 3. The molecule has 0 radical (unpaired) electrons. The smallest absolute Gasteiger partial charge is 0.463 e. The third kappa shape index (κ3) is 64.1. The fourth-order valence-corrected chi connectivity index (χ4v) is 10.5. The summed E-state index contributed by atoms with van der Waals surface area (Å²) >= 11 is 0. The zero-order chi connectivity index (χ0) is 63.8. The number of phosphoric ester groups is 2. The van der Waals surface area contributed by atoms with Gasteiger partial charge in [0.15, 0.2) is 6.10 Å². The van der Waals surface area contributed by atoms with E-state index in [4.69, 9.17) is 32.3 Å². The Kier molecular flexibility index (Phi) is 60.5. The molecule has 0 aromatic carbocycles. The number of aliphatic hydroxyl groups excluding tert-OH is 2. The van der Waals surface area contributed by atoms with E-state index in [2.05, 4.69) is 106 Å². The average molecular weight is 1270 g/mol. The summed E-state index contributed by atoms with van der Waals surface area (Å²) in [5.41, 5.74) is 0. The summed E-state index contributed by atoms with van der Waals surface area (Å²) in [5.74, 6) is -1.60. The topological polar surface area (TPSA) is 231 Å². The Morgan fingerprint density at radius 2 is 0.609 bits per heavy atom. The SMILES string of the molecule is CC/C=C\C/C=C\C/C=C\C/C=C\C/C=C\C/C=C\CCCCCCC(=O)OCC(O)COP(=O)(O)OCC(O)COP(=O)(O)OCC(COC(=O)CCCCCCCCCCCCCCCCC)OC(=O)CCCCCCC/C=C\CCCCCC. The molecular weight excluding hydrogens is 1150 g/mol. The van der Waals surface area contributed by atoms with E-state index >= 15 is 0 Å². The highest BCUT2D eigenvalue weighted by atomic mass is 31.2. The zero-order valence-electron chi connectivity index (χ0n) is 54.4. The minimum atomic E-state index is -4.92. The summed E-state index contributed by atoms with van der Waals surface area (Å²) in [7, 11) is -9.77. The first-order chi connectivity index (χ1) is 42.2. The van der Waals surface area contributed by atoms with Gasteiger partial charge in [-0.25, -0.2) is 9.13 Å². The van der Waals surface area contributed by atoms with Crippen molar-refractivity contribution >= 4 is 33.6 Å². The monoisotopic (exact) mass is 1270 g/mol. The normalized spacial score (nSPS) is 14.8. The second-order valence-electron chi connectivity index (χ2n) is 22.6. The Bertz CT molecular complexity index is 1930. The van der Waals surface area contributed by atoms with Gasteiger partial charge in [-0.1, -0.05) is 247 Å². The van der Waals surface area contributed by atoms with Crippen LogP contribution >= 0.6 is 15.6 Å². The van der Waals surface area contributed by atoms with Crippen molar-refractivity contribution in [3.63, 3.8) is 0 Å². The molecule has 18 heteroatoms. The number of hydrogen-bond donors (Lipinski definition) is 4. The molecule has 0 bridgehead atoms. The Labute approximate surface area is 527 Å². The van der Waals surface area contributed by atoms with E-state index in [9.17, 15) is 43.5 Å². The lowest BCUT2D eigenvalue weighted by atomic mass is 10.0. The molecule has 0 saturated carbocycles. The first-order valence-corrected chi connectivity index (χ1v) is 36.9. The van der Waals surface area contributed by atoms with Crippen molar-refractivity contribution in [2.24, 2.45) is 0 Å². The number of unbranched alkanes of at least 4 members (excludes halogenated alkanes) is 27. The number of phosphoric acid groups is 2. The minimum absolute atomic E-state index is 0.0969. The summed E-state index contributed by atoms with van der Waals surface area (Å²) in [5, 5.41) is 20.5. The van der Waals surface area contributed by atoms with Crippen molar-refractivity contribution in [1.82, 2.24) is 0 Å². The van der Waals surface area contributed by atoms with Crippen LogP contribution in [0.2, 0.25) is 0 Å². The molecule has 4 N–H and O–H groups in total. The van der Waals surface area contributed by atoms with Crippen LogP contribution in [0.5, 0.6) is 0 Å². The third-order valence-electron chi connectivity index (χ3n) is 14.1. The van der Waals surface area contributed by atoms with Gasteiger partial charge in [0.25, 0.3) is 0 Å². The molecule has 0 aliphatic rings.